The van der Waals surface area contributed by atoms with Crippen molar-refractivity contribution in [2.24, 2.45) is 0 Å². The number of rotatable bonds is 4. The van der Waals surface area contributed by atoms with Gasteiger partial charge in [-0.05, 0) is 27.7 Å². The van der Waals surface area contributed by atoms with Gasteiger partial charge in [0.05, 0.1) is 24.1 Å². The largest absolute Gasteiger partial charge is 0.372 e. The van der Waals surface area contributed by atoms with Crippen LogP contribution in [-0.4, -0.2) is 55.9 Å². The Kier molecular flexibility index (Phi) is 4.98. The van der Waals surface area contributed by atoms with Crippen LogP contribution in [0.2, 0.25) is 0 Å². The van der Waals surface area contributed by atoms with E-state index >= 15 is 0 Å². The summed E-state index contributed by atoms with van der Waals surface area (Å²) in [4.78, 5) is 22.9. The first-order valence-electron chi connectivity index (χ1n) is 8.44. The minimum atomic E-state index is 0.0466. The third-order valence-electron chi connectivity index (χ3n) is 3.94. The van der Waals surface area contributed by atoms with Gasteiger partial charge in [-0.3, -0.25) is 9.48 Å². The molecule has 3 heterocycles. The van der Waals surface area contributed by atoms with Gasteiger partial charge in [-0.1, -0.05) is 0 Å². The number of ether oxygens (including phenoxy) is 1. The summed E-state index contributed by atoms with van der Waals surface area (Å²) >= 11 is 0. The summed E-state index contributed by atoms with van der Waals surface area (Å²) in [6.07, 6.45) is 3.61. The van der Waals surface area contributed by atoms with E-state index in [0.717, 1.165) is 11.4 Å². The Morgan fingerprint density at radius 1 is 1.28 bits per heavy atom. The molecule has 8 heteroatoms. The van der Waals surface area contributed by atoms with Gasteiger partial charge in [0.1, 0.15) is 18.2 Å². The Hall–Kier alpha value is -2.48. The molecular weight excluding hydrogens is 320 g/mol. The SMILES string of the molecule is Cc1cc(Nc2cnn(CC(=O)N3C[C@H](C)O[C@@H](C)C3)c2)nc(C)n1. The van der Waals surface area contributed by atoms with E-state index < -0.39 is 0 Å². The first-order valence-corrected chi connectivity index (χ1v) is 8.44. The molecule has 0 aliphatic carbocycles. The molecule has 0 aromatic carbocycles. The first-order chi connectivity index (χ1) is 11.9. The van der Waals surface area contributed by atoms with Gasteiger partial charge in [0.25, 0.3) is 0 Å². The minimum absolute atomic E-state index is 0.0466. The molecule has 25 heavy (non-hydrogen) atoms. The molecule has 1 aliphatic rings. The van der Waals surface area contributed by atoms with Gasteiger partial charge < -0.3 is 15.0 Å². The summed E-state index contributed by atoms with van der Waals surface area (Å²) in [5.74, 6) is 1.47. The summed E-state index contributed by atoms with van der Waals surface area (Å²) < 4.78 is 7.30. The Bertz CT molecular complexity index is 729. The maximum Gasteiger partial charge on any atom is 0.244 e. The average Bonchev–Trinajstić information content (AvgIpc) is 2.92. The lowest BCUT2D eigenvalue weighted by molar-refractivity contribution is -0.144. The number of aryl methyl sites for hydroxylation is 2. The Morgan fingerprint density at radius 3 is 2.68 bits per heavy atom. The molecule has 1 amide bonds. The molecule has 134 valence electrons. The number of anilines is 2. The van der Waals surface area contributed by atoms with E-state index in [1.807, 2.05) is 38.7 Å². The number of aromatic nitrogens is 4. The second kappa shape index (κ2) is 7.18. The first kappa shape index (κ1) is 17.3. The van der Waals surface area contributed by atoms with E-state index in [-0.39, 0.29) is 24.7 Å². The van der Waals surface area contributed by atoms with Crippen LogP contribution in [0.3, 0.4) is 0 Å². The van der Waals surface area contributed by atoms with Crippen LogP contribution in [0.4, 0.5) is 11.5 Å². The van der Waals surface area contributed by atoms with Crippen molar-refractivity contribution in [3.05, 3.63) is 30.0 Å². The van der Waals surface area contributed by atoms with Crippen molar-refractivity contribution in [1.29, 1.82) is 0 Å². The summed E-state index contributed by atoms with van der Waals surface area (Å²) in [7, 11) is 0. The van der Waals surface area contributed by atoms with Crippen LogP contribution in [0.25, 0.3) is 0 Å². The highest BCUT2D eigenvalue weighted by atomic mass is 16.5. The van der Waals surface area contributed by atoms with E-state index in [4.69, 9.17) is 4.74 Å². The Balaban J connectivity index is 1.62. The zero-order valence-electron chi connectivity index (χ0n) is 15.1. The van der Waals surface area contributed by atoms with Crippen molar-refractivity contribution < 1.29 is 9.53 Å². The van der Waals surface area contributed by atoms with Crippen LogP contribution in [0.15, 0.2) is 18.5 Å². The van der Waals surface area contributed by atoms with Gasteiger partial charge in [0.2, 0.25) is 5.91 Å². The molecule has 0 bridgehead atoms. The number of nitrogens with zero attached hydrogens (tertiary/aromatic N) is 5. The van der Waals surface area contributed by atoms with Crippen LogP contribution in [0.1, 0.15) is 25.4 Å². The predicted molar refractivity (Wildman–Crippen MR) is 93.6 cm³/mol. The lowest BCUT2D eigenvalue weighted by atomic mass is 10.2. The molecule has 1 saturated heterocycles. The van der Waals surface area contributed by atoms with Crippen LogP contribution < -0.4 is 5.32 Å². The number of morpholine rings is 1. The second-order valence-corrected chi connectivity index (χ2v) is 6.55. The molecule has 0 saturated carbocycles. The van der Waals surface area contributed by atoms with Crippen LogP contribution in [0, 0.1) is 13.8 Å². The van der Waals surface area contributed by atoms with Gasteiger partial charge in [-0.15, -0.1) is 0 Å². The van der Waals surface area contributed by atoms with Crippen molar-refractivity contribution in [3.63, 3.8) is 0 Å². The van der Waals surface area contributed by atoms with Crippen molar-refractivity contribution in [3.8, 4) is 0 Å². The highest BCUT2D eigenvalue weighted by Gasteiger charge is 2.25. The highest BCUT2D eigenvalue weighted by Crippen LogP contribution is 2.15. The molecule has 1 aliphatic heterocycles. The zero-order valence-corrected chi connectivity index (χ0v) is 15.1. The third-order valence-corrected chi connectivity index (χ3v) is 3.94. The smallest absolute Gasteiger partial charge is 0.244 e. The summed E-state index contributed by atoms with van der Waals surface area (Å²) in [6.45, 7) is 9.19. The molecule has 1 N–H and O–H groups in total. The van der Waals surface area contributed by atoms with Gasteiger partial charge in [0, 0.05) is 31.0 Å². The lowest BCUT2D eigenvalue weighted by Crippen LogP contribution is -2.49. The number of nitrogens with one attached hydrogen (secondary N) is 1. The number of hydrogen-bond acceptors (Lipinski definition) is 6. The molecule has 0 spiro atoms. The minimum Gasteiger partial charge on any atom is -0.372 e. The number of amides is 1. The fourth-order valence-corrected chi connectivity index (χ4v) is 3.06. The van der Waals surface area contributed by atoms with E-state index in [9.17, 15) is 4.79 Å². The van der Waals surface area contributed by atoms with Crippen molar-refractivity contribution in [2.45, 2.75) is 46.4 Å². The van der Waals surface area contributed by atoms with Crippen molar-refractivity contribution in [1.82, 2.24) is 24.6 Å². The molecule has 3 rings (SSSR count). The Morgan fingerprint density at radius 2 is 2.00 bits per heavy atom. The summed E-state index contributed by atoms with van der Waals surface area (Å²) in [5, 5.41) is 7.46. The molecule has 2 aromatic rings. The molecule has 0 radical (unpaired) electrons. The molecule has 1 fully saturated rings. The van der Waals surface area contributed by atoms with Crippen LogP contribution in [-0.2, 0) is 16.1 Å². The number of hydrogen-bond donors (Lipinski definition) is 1. The number of carbonyl (C=O) groups excluding carboxylic acids is 1. The quantitative estimate of drug-likeness (QED) is 0.908. The van der Waals surface area contributed by atoms with Crippen molar-refractivity contribution >= 4 is 17.4 Å². The van der Waals surface area contributed by atoms with Crippen LogP contribution in [0.5, 0.6) is 0 Å². The molecule has 0 unspecified atom stereocenters. The van der Waals surface area contributed by atoms with E-state index in [1.165, 1.54) is 0 Å². The summed E-state index contributed by atoms with van der Waals surface area (Å²) in [6, 6.07) is 1.87. The van der Waals surface area contributed by atoms with E-state index in [0.29, 0.717) is 24.7 Å². The van der Waals surface area contributed by atoms with Gasteiger partial charge in [0.15, 0.2) is 0 Å². The van der Waals surface area contributed by atoms with E-state index in [1.54, 1.807) is 17.1 Å². The third kappa shape index (κ3) is 4.54. The average molecular weight is 344 g/mol. The number of carbonyl (C=O) groups is 1. The topological polar surface area (TPSA) is 85.2 Å². The normalized spacial score (nSPS) is 20.6. The standard InChI is InChI=1S/C17H24N6O2/c1-11-5-16(20-14(4)19-11)21-15-6-18-23(9-15)10-17(24)22-7-12(2)25-13(3)8-22/h5-6,9,12-13H,7-8,10H2,1-4H3,(H,19,20,21)/t12-,13-/m0/s1. The van der Waals surface area contributed by atoms with Crippen LogP contribution >= 0.6 is 0 Å². The van der Waals surface area contributed by atoms with Crippen molar-refractivity contribution in [2.75, 3.05) is 18.4 Å². The molecule has 8 nitrogen and oxygen atoms in total. The van der Waals surface area contributed by atoms with E-state index in [2.05, 4.69) is 20.4 Å². The summed E-state index contributed by atoms with van der Waals surface area (Å²) in [5.41, 5.74) is 1.68. The maximum absolute atomic E-state index is 12.5. The van der Waals surface area contributed by atoms with Gasteiger partial charge in [-0.2, -0.15) is 5.10 Å². The zero-order chi connectivity index (χ0) is 18.0. The Labute approximate surface area is 147 Å². The monoisotopic (exact) mass is 344 g/mol. The lowest BCUT2D eigenvalue weighted by Gasteiger charge is -2.35. The van der Waals surface area contributed by atoms with Gasteiger partial charge >= 0.3 is 0 Å². The second-order valence-electron chi connectivity index (χ2n) is 6.55. The fourth-order valence-electron chi connectivity index (χ4n) is 3.06. The molecule has 2 aromatic heterocycles. The molecular formula is C17H24N6O2. The maximum atomic E-state index is 12.5. The van der Waals surface area contributed by atoms with Gasteiger partial charge in [-0.25, -0.2) is 9.97 Å². The molecule has 2 atom stereocenters. The highest BCUT2D eigenvalue weighted by molar-refractivity contribution is 5.76. The fraction of sp³-hybridized carbons (Fsp3) is 0.529. The predicted octanol–water partition coefficient (Wildman–Crippen LogP) is 1.67.